The number of hydrogen-bond acceptors (Lipinski definition) is 3. The van der Waals surface area contributed by atoms with E-state index in [0.29, 0.717) is 12.2 Å². The molecule has 0 saturated heterocycles. The Balaban J connectivity index is 2.85. The predicted molar refractivity (Wildman–Crippen MR) is 55.5 cm³/mol. The van der Waals surface area contributed by atoms with Gasteiger partial charge >= 0.3 is 0 Å². The van der Waals surface area contributed by atoms with Crippen LogP contribution in [0.4, 0.5) is 0 Å². The van der Waals surface area contributed by atoms with Crippen molar-refractivity contribution >= 4 is 12.2 Å². The fourth-order valence-electron chi connectivity index (χ4n) is 1.40. The van der Waals surface area contributed by atoms with Crippen LogP contribution in [-0.2, 0) is 11.3 Å². The number of hydrogen-bond donors (Lipinski definition) is 1. The zero-order valence-electron chi connectivity index (χ0n) is 9.15. The Labute approximate surface area is 88.5 Å². The number of imidazole rings is 1. The molecule has 0 aliphatic heterocycles. The van der Waals surface area contributed by atoms with Crippen LogP contribution in [-0.4, -0.2) is 28.8 Å². The van der Waals surface area contributed by atoms with E-state index in [0.717, 1.165) is 6.29 Å². The first-order valence-electron chi connectivity index (χ1n) is 4.69. The van der Waals surface area contributed by atoms with E-state index < -0.39 is 5.41 Å². The van der Waals surface area contributed by atoms with Crippen molar-refractivity contribution in [3.63, 3.8) is 0 Å². The molecule has 0 bridgehead atoms. The van der Waals surface area contributed by atoms with Crippen molar-refractivity contribution in [2.24, 2.45) is 5.41 Å². The SMILES string of the molecule is CNC(=O)C(C)(C)Cn1cncc1C=O. The molecule has 5 nitrogen and oxygen atoms in total. The highest BCUT2D eigenvalue weighted by Crippen LogP contribution is 2.18. The number of aldehydes is 1. The molecule has 0 spiro atoms. The third-order valence-corrected chi connectivity index (χ3v) is 2.27. The van der Waals surface area contributed by atoms with Crippen LogP contribution >= 0.6 is 0 Å². The Morgan fingerprint density at radius 2 is 2.33 bits per heavy atom. The van der Waals surface area contributed by atoms with Crippen LogP contribution in [0.1, 0.15) is 24.3 Å². The van der Waals surface area contributed by atoms with E-state index in [1.54, 1.807) is 17.9 Å². The van der Waals surface area contributed by atoms with Crippen LogP contribution in [0, 0.1) is 5.41 Å². The fourth-order valence-corrected chi connectivity index (χ4v) is 1.40. The zero-order valence-corrected chi connectivity index (χ0v) is 9.15. The van der Waals surface area contributed by atoms with E-state index in [4.69, 9.17) is 0 Å². The summed E-state index contributed by atoms with van der Waals surface area (Å²) < 4.78 is 1.67. The van der Waals surface area contributed by atoms with Gasteiger partial charge in [-0.1, -0.05) is 0 Å². The molecule has 0 aromatic carbocycles. The maximum absolute atomic E-state index is 11.5. The maximum Gasteiger partial charge on any atom is 0.227 e. The molecule has 0 fully saturated rings. The van der Waals surface area contributed by atoms with Gasteiger partial charge in [-0.25, -0.2) is 4.98 Å². The van der Waals surface area contributed by atoms with E-state index >= 15 is 0 Å². The average molecular weight is 209 g/mol. The van der Waals surface area contributed by atoms with Gasteiger partial charge < -0.3 is 9.88 Å². The molecule has 0 radical (unpaired) electrons. The van der Waals surface area contributed by atoms with Gasteiger partial charge in [-0.2, -0.15) is 0 Å². The van der Waals surface area contributed by atoms with Gasteiger partial charge in [-0.3, -0.25) is 9.59 Å². The Morgan fingerprint density at radius 3 is 2.87 bits per heavy atom. The monoisotopic (exact) mass is 209 g/mol. The lowest BCUT2D eigenvalue weighted by atomic mass is 9.92. The van der Waals surface area contributed by atoms with Crippen molar-refractivity contribution in [2.75, 3.05) is 7.05 Å². The second kappa shape index (κ2) is 4.25. The minimum Gasteiger partial charge on any atom is -0.359 e. The lowest BCUT2D eigenvalue weighted by Gasteiger charge is -2.23. The van der Waals surface area contributed by atoms with E-state index in [1.807, 2.05) is 13.8 Å². The highest BCUT2D eigenvalue weighted by Gasteiger charge is 2.27. The maximum atomic E-state index is 11.5. The summed E-state index contributed by atoms with van der Waals surface area (Å²) in [6, 6.07) is 0. The van der Waals surface area contributed by atoms with Gasteiger partial charge in [-0.15, -0.1) is 0 Å². The number of nitrogens with zero attached hydrogens (tertiary/aromatic N) is 2. The van der Waals surface area contributed by atoms with Gasteiger partial charge in [0.25, 0.3) is 0 Å². The van der Waals surface area contributed by atoms with Crippen molar-refractivity contribution in [3.05, 3.63) is 18.2 Å². The molecule has 1 rings (SSSR count). The Bertz CT molecular complexity index is 368. The highest BCUT2D eigenvalue weighted by atomic mass is 16.2. The normalized spacial score (nSPS) is 11.1. The minimum absolute atomic E-state index is 0.0620. The molecule has 0 aliphatic carbocycles. The molecule has 1 amide bonds. The van der Waals surface area contributed by atoms with Crippen molar-refractivity contribution in [3.8, 4) is 0 Å². The topological polar surface area (TPSA) is 64.0 Å². The smallest absolute Gasteiger partial charge is 0.227 e. The van der Waals surface area contributed by atoms with Crippen molar-refractivity contribution in [1.29, 1.82) is 0 Å². The van der Waals surface area contributed by atoms with Gasteiger partial charge in [-0.05, 0) is 13.8 Å². The molecule has 1 N–H and O–H groups in total. The summed E-state index contributed by atoms with van der Waals surface area (Å²) in [4.78, 5) is 26.0. The number of rotatable bonds is 4. The molecular formula is C10H15N3O2. The summed E-state index contributed by atoms with van der Waals surface area (Å²) in [5.41, 5.74) is -0.0836. The standard InChI is InChI=1S/C10H15N3O2/c1-10(2,9(15)11-3)6-13-7-12-4-8(13)5-14/h4-5,7H,6H2,1-3H3,(H,11,15). The summed E-state index contributed by atoms with van der Waals surface area (Å²) >= 11 is 0. The quantitative estimate of drug-likeness (QED) is 0.733. The molecule has 0 atom stereocenters. The second-order valence-corrected chi connectivity index (χ2v) is 4.03. The predicted octanol–water partition coefficient (Wildman–Crippen LogP) is 0.468. The van der Waals surface area contributed by atoms with Crippen LogP contribution in [0.25, 0.3) is 0 Å². The molecule has 1 aromatic rings. The molecule has 0 saturated carbocycles. The van der Waals surface area contributed by atoms with Gasteiger partial charge in [0.2, 0.25) is 5.91 Å². The van der Waals surface area contributed by atoms with Gasteiger partial charge in [0, 0.05) is 13.6 Å². The molecular weight excluding hydrogens is 194 g/mol. The van der Waals surface area contributed by atoms with Crippen molar-refractivity contribution in [1.82, 2.24) is 14.9 Å². The number of carbonyl (C=O) groups is 2. The summed E-state index contributed by atoms with van der Waals surface area (Å²) in [6.07, 6.45) is 3.76. The van der Waals surface area contributed by atoms with Crippen LogP contribution in [0.5, 0.6) is 0 Å². The van der Waals surface area contributed by atoms with E-state index in [1.165, 1.54) is 6.20 Å². The van der Waals surface area contributed by atoms with Crippen LogP contribution < -0.4 is 5.32 Å². The average Bonchev–Trinajstić information content (AvgIpc) is 2.63. The first-order chi connectivity index (χ1) is 7.01. The molecule has 15 heavy (non-hydrogen) atoms. The van der Waals surface area contributed by atoms with Gasteiger partial charge in [0.15, 0.2) is 6.29 Å². The first kappa shape index (κ1) is 11.4. The first-order valence-corrected chi connectivity index (χ1v) is 4.69. The molecule has 0 unspecified atom stereocenters. The number of nitrogens with one attached hydrogen (secondary N) is 1. The molecule has 1 heterocycles. The summed E-state index contributed by atoms with van der Waals surface area (Å²) in [7, 11) is 1.60. The number of amides is 1. The Hall–Kier alpha value is -1.65. The molecule has 82 valence electrons. The summed E-state index contributed by atoms with van der Waals surface area (Å²) in [5, 5.41) is 2.59. The number of aromatic nitrogens is 2. The second-order valence-electron chi connectivity index (χ2n) is 4.03. The van der Waals surface area contributed by atoms with E-state index in [-0.39, 0.29) is 5.91 Å². The summed E-state index contributed by atoms with van der Waals surface area (Å²) in [6.45, 7) is 4.07. The fraction of sp³-hybridized carbons (Fsp3) is 0.500. The van der Waals surface area contributed by atoms with E-state index in [2.05, 4.69) is 10.3 Å². The lowest BCUT2D eigenvalue weighted by Crippen LogP contribution is -2.37. The molecule has 5 heteroatoms. The van der Waals surface area contributed by atoms with E-state index in [9.17, 15) is 9.59 Å². The zero-order chi connectivity index (χ0) is 11.5. The third kappa shape index (κ3) is 2.43. The van der Waals surface area contributed by atoms with Crippen molar-refractivity contribution in [2.45, 2.75) is 20.4 Å². The van der Waals surface area contributed by atoms with Gasteiger partial charge in [0.05, 0.1) is 17.9 Å². The van der Waals surface area contributed by atoms with Crippen LogP contribution in [0.15, 0.2) is 12.5 Å². The third-order valence-electron chi connectivity index (χ3n) is 2.27. The minimum atomic E-state index is -0.562. The lowest BCUT2D eigenvalue weighted by molar-refractivity contribution is -0.129. The van der Waals surface area contributed by atoms with Gasteiger partial charge in [0.1, 0.15) is 5.69 Å². The Kier molecular flexibility index (Phi) is 3.24. The largest absolute Gasteiger partial charge is 0.359 e. The Morgan fingerprint density at radius 1 is 1.67 bits per heavy atom. The molecule has 0 aliphatic rings. The van der Waals surface area contributed by atoms with Crippen molar-refractivity contribution < 1.29 is 9.59 Å². The number of carbonyl (C=O) groups excluding carboxylic acids is 2. The molecule has 1 aromatic heterocycles. The summed E-state index contributed by atoms with van der Waals surface area (Å²) in [5.74, 6) is -0.0620. The highest BCUT2D eigenvalue weighted by molar-refractivity contribution is 5.81. The van der Waals surface area contributed by atoms with Crippen LogP contribution in [0.3, 0.4) is 0 Å². The van der Waals surface area contributed by atoms with Crippen LogP contribution in [0.2, 0.25) is 0 Å².